The van der Waals surface area contributed by atoms with Crippen LogP contribution in [0.15, 0.2) is 70.9 Å². The maximum absolute atomic E-state index is 6.11. The van der Waals surface area contributed by atoms with Crippen LogP contribution in [0.1, 0.15) is 11.1 Å². The average Bonchev–Trinajstić information content (AvgIpc) is 3.38. The molecule has 0 fully saturated rings. The van der Waals surface area contributed by atoms with Gasteiger partial charge in [-0.05, 0) is 35.9 Å². The molecule has 4 aromatic rings. The van der Waals surface area contributed by atoms with E-state index >= 15 is 0 Å². The van der Waals surface area contributed by atoms with E-state index in [1.54, 1.807) is 50.9 Å². The summed E-state index contributed by atoms with van der Waals surface area (Å²) in [5, 5.41) is 14.3. The summed E-state index contributed by atoms with van der Waals surface area (Å²) in [6, 6.07) is 19.5. The molecule has 2 heterocycles. The summed E-state index contributed by atoms with van der Waals surface area (Å²) in [5.74, 6) is 3.99. The monoisotopic (exact) mass is 518 g/mol. The Morgan fingerprint density at radius 3 is 2.27 bits per heavy atom. The van der Waals surface area contributed by atoms with Crippen molar-refractivity contribution in [3.63, 3.8) is 0 Å². The molecule has 5 rings (SSSR count). The molecule has 0 aliphatic carbocycles. The number of rotatable bonds is 9. The van der Waals surface area contributed by atoms with Crippen LogP contribution in [0.4, 0.5) is 0 Å². The summed E-state index contributed by atoms with van der Waals surface area (Å²) < 4.78 is 30.0. The second kappa shape index (κ2) is 10.8. The van der Waals surface area contributed by atoms with Gasteiger partial charge in [0.15, 0.2) is 28.8 Å². The van der Waals surface area contributed by atoms with Crippen molar-refractivity contribution in [3.05, 3.63) is 71.8 Å². The van der Waals surface area contributed by atoms with Gasteiger partial charge in [0.2, 0.25) is 10.9 Å². The lowest BCUT2D eigenvalue weighted by Gasteiger charge is -2.18. The predicted molar refractivity (Wildman–Crippen MR) is 142 cm³/mol. The Morgan fingerprint density at radius 2 is 1.54 bits per heavy atom. The minimum absolute atomic E-state index is 0.431. The SMILES string of the molecule is COc1ccc(C2=Nn3c(nnc3-c3ccc(OC)c(OC)c3OC)SC2)cc1OCc1ccccc1. The van der Waals surface area contributed by atoms with Gasteiger partial charge in [-0.3, -0.25) is 0 Å². The molecular weight excluding hydrogens is 492 g/mol. The third-order valence-electron chi connectivity index (χ3n) is 5.85. The molecule has 1 aromatic heterocycles. The number of benzene rings is 3. The first-order valence-electron chi connectivity index (χ1n) is 11.5. The van der Waals surface area contributed by atoms with E-state index in [9.17, 15) is 0 Å². The highest BCUT2D eigenvalue weighted by molar-refractivity contribution is 7.99. The van der Waals surface area contributed by atoms with E-state index in [0.29, 0.717) is 57.7 Å². The van der Waals surface area contributed by atoms with Gasteiger partial charge in [0.25, 0.3) is 0 Å². The largest absolute Gasteiger partial charge is 0.493 e. The molecule has 190 valence electrons. The first kappa shape index (κ1) is 24.5. The van der Waals surface area contributed by atoms with Gasteiger partial charge in [-0.25, -0.2) is 0 Å². The van der Waals surface area contributed by atoms with Crippen molar-refractivity contribution in [3.8, 4) is 40.1 Å². The summed E-state index contributed by atoms with van der Waals surface area (Å²) in [4.78, 5) is 0. The second-order valence-corrected chi connectivity index (χ2v) is 8.92. The van der Waals surface area contributed by atoms with Crippen molar-refractivity contribution in [1.29, 1.82) is 0 Å². The molecule has 3 aromatic carbocycles. The van der Waals surface area contributed by atoms with Crippen LogP contribution < -0.4 is 23.7 Å². The molecule has 37 heavy (non-hydrogen) atoms. The number of nitrogens with zero attached hydrogens (tertiary/aromatic N) is 4. The maximum atomic E-state index is 6.11. The van der Waals surface area contributed by atoms with Gasteiger partial charge in [-0.1, -0.05) is 42.1 Å². The molecule has 9 nitrogen and oxygen atoms in total. The fraction of sp³-hybridized carbons (Fsp3) is 0.222. The van der Waals surface area contributed by atoms with Gasteiger partial charge in [0.1, 0.15) is 6.61 Å². The quantitative estimate of drug-likeness (QED) is 0.309. The zero-order chi connectivity index (χ0) is 25.8. The minimum Gasteiger partial charge on any atom is -0.493 e. The third kappa shape index (κ3) is 4.79. The lowest BCUT2D eigenvalue weighted by atomic mass is 10.1. The van der Waals surface area contributed by atoms with Crippen LogP contribution >= 0.6 is 11.8 Å². The lowest BCUT2D eigenvalue weighted by molar-refractivity contribution is 0.284. The molecule has 0 saturated heterocycles. The van der Waals surface area contributed by atoms with Gasteiger partial charge in [-0.2, -0.15) is 9.78 Å². The Balaban J connectivity index is 1.51. The molecule has 0 N–H and O–H groups in total. The first-order chi connectivity index (χ1) is 18.2. The van der Waals surface area contributed by atoms with E-state index in [1.807, 2.05) is 54.6 Å². The Kier molecular flexibility index (Phi) is 7.18. The Labute approximate surface area is 219 Å². The zero-order valence-electron chi connectivity index (χ0n) is 20.9. The van der Waals surface area contributed by atoms with E-state index in [2.05, 4.69) is 10.2 Å². The second-order valence-electron chi connectivity index (χ2n) is 7.98. The number of ether oxygens (including phenoxy) is 5. The summed E-state index contributed by atoms with van der Waals surface area (Å²) in [6.45, 7) is 0.431. The molecule has 10 heteroatoms. The number of aromatic nitrogens is 3. The maximum Gasteiger partial charge on any atom is 0.212 e. The third-order valence-corrected chi connectivity index (χ3v) is 6.78. The van der Waals surface area contributed by atoms with Crippen LogP contribution in [0.3, 0.4) is 0 Å². The normalized spacial score (nSPS) is 12.4. The first-order valence-corrected chi connectivity index (χ1v) is 12.5. The van der Waals surface area contributed by atoms with Crippen LogP contribution in [0.2, 0.25) is 0 Å². The van der Waals surface area contributed by atoms with Crippen molar-refractivity contribution in [1.82, 2.24) is 14.9 Å². The number of thioether (sulfide) groups is 1. The summed E-state index contributed by atoms with van der Waals surface area (Å²) in [5.41, 5.74) is 3.53. The van der Waals surface area contributed by atoms with Crippen LogP contribution in [-0.4, -0.2) is 54.8 Å². The van der Waals surface area contributed by atoms with E-state index in [0.717, 1.165) is 16.8 Å². The Hall–Kier alpha value is -4.18. The smallest absolute Gasteiger partial charge is 0.212 e. The van der Waals surface area contributed by atoms with Crippen LogP contribution in [0, 0.1) is 0 Å². The van der Waals surface area contributed by atoms with E-state index in [-0.39, 0.29) is 0 Å². The van der Waals surface area contributed by atoms with E-state index in [1.165, 1.54) is 0 Å². The number of fused-ring (bicyclic) bond motifs is 1. The highest BCUT2D eigenvalue weighted by Gasteiger charge is 2.26. The fourth-order valence-electron chi connectivity index (χ4n) is 4.02. The van der Waals surface area contributed by atoms with Crippen molar-refractivity contribution in [2.75, 3.05) is 34.2 Å². The molecule has 1 aliphatic heterocycles. The molecule has 0 atom stereocenters. The molecular formula is C27H26N4O5S. The topological polar surface area (TPSA) is 89.2 Å². The molecule has 0 bridgehead atoms. The Bertz CT molecular complexity index is 1440. The van der Waals surface area contributed by atoms with Crippen molar-refractivity contribution in [2.24, 2.45) is 5.10 Å². The molecule has 0 radical (unpaired) electrons. The number of methoxy groups -OCH3 is 4. The lowest BCUT2D eigenvalue weighted by Crippen LogP contribution is -2.14. The van der Waals surface area contributed by atoms with Crippen LogP contribution in [0.25, 0.3) is 11.4 Å². The van der Waals surface area contributed by atoms with Crippen LogP contribution in [0.5, 0.6) is 28.7 Å². The zero-order valence-corrected chi connectivity index (χ0v) is 21.7. The fourth-order valence-corrected chi connectivity index (χ4v) is 4.86. The van der Waals surface area contributed by atoms with Gasteiger partial charge in [-0.15, -0.1) is 10.2 Å². The molecule has 0 amide bonds. The predicted octanol–water partition coefficient (Wildman–Crippen LogP) is 4.92. The standard InChI is InChI=1S/C27H26N4O5S/c1-32-21-12-10-18(14-23(21)36-15-17-8-6-5-7-9-17)20-16-37-27-29-28-26(31(27)30-20)19-11-13-22(33-2)25(35-4)24(19)34-3/h5-14H,15-16H2,1-4H3. The summed E-state index contributed by atoms with van der Waals surface area (Å²) >= 11 is 1.55. The van der Waals surface area contributed by atoms with E-state index in [4.69, 9.17) is 28.8 Å². The molecule has 0 saturated carbocycles. The van der Waals surface area contributed by atoms with Crippen molar-refractivity contribution in [2.45, 2.75) is 11.8 Å². The number of hydrogen-bond acceptors (Lipinski definition) is 9. The summed E-state index contributed by atoms with van der Waals surface area (Å²) in [6.07, 6.45) is 0. The van der Waals surface area contributed by atoms with Gasteiger partial charge < -0.3 is 23.7 Å². The van der Waals surface area contributed by atoms with Gasteiger partial charge >= 0.3 is 0 Å². The molecule has 0 spiro atoms. The van der Waals surface area contributed by atoms with E-state index < -0.39 is 0 Å². The Morgan fingerprint density at radius 1 is 0.784 bits per heavy atom. The summed E-state index contributed by atoms with van der Waals surface area (Å²) in [7, 11) is 6.35. The molecule has 1 aliphatic rings. The van der Waals surface area contributed by atoms with Gasteiger partial charge in [0, 0.05) is 11.3 Å². The highest BCUT2D eigenvalue weighted by Crippen LogP contribution is 2.44. The average molecular weight is 519 g/mol. The van der Waals surface area contributed by atoms with Crippen molar-refractivity contribution < 1.29 is 23.7 Å². The van der Waals surface area contributed by atoms with Crippen molar-refractivity contribution >= 4 is 17.5 Å². The highest BCUT2D eigenvalue weighted by atomic mass is 32.2. The minimum atomic E-state index is 0.431. The molecule has 0 unspecified atom stereocenters. The number of hydrogen-bond donors (Lipinski definition) is 0. The van der Waals surface area contributed by atoms with Crippen LogP contribution in [-0.2, 0) is 6.61 Å². The van der Waals surface area contributed by atoms with Gasteiger partial charge in [0.05, 0.1) is 39.7 Å².